The summed E-state index contributed by atoms with van der Waals surface area (Å²) in [5.74, 6) is 0. The van der Waals surface area contributed by atoms with Crippen LogP contribution in [0, 0.1) is 13.8 Å². The molecule has 0 aliphatic carbocycles. The zero-order chi connectivity index (χ0) is 10.1. The van der Waals surface area contributed by atoms with E-state index in [9.17, 15) is 8.42 Å². The Morgan fingerprint density at radius 2 is 1.86 bits per heavy atom. The average Bonchev–Trinajstić information content (AvgIpc) is 2.09. The van der Waals surface area contributed by atoms with Gasteiger partial charge in [-0.25, -0.2) is 5.26 Å². The molecule has 14 heavy (non-hydrogen) atoms. The van der Waals surface area contributed by atoms with E-state index in [-0.39, 0.29) is 34.5 Å². The third-order valence-corrected chi connectivity index (χ3v) is 3.10. The second-order valence-corrected chi connectivity index (χ2v) is 4.22. The monoisotopic (exact) mass is 225 g/mol. The van der Waals surface area contributed by atoms with Crippen LogP contribution in [0.3, 0.4) is 0 Å². The fraction of sp³-hybridized carbons (Fsp3) is 0.250. The molecule has 1 aromatic rings. The molecule has 0 fully saturated rings. The summed E-state index contributed by atoms with van der Waals surface area (Å²) in [4.78, 5) is -0.00463. The third kappa shape index (κ3) is 2.79. The summed E-state index contributed by atoms with van der Waals surface area (Å²) in [6, 6.07) is 4.76. The van der Waals surface area contributed by atoms with Crippen molar-refractivity contribution in [2.45, 2.75) is 18.7 Å². The van der Waals surface area contributed by atoms with E-state index >= 15 is 0 Å². The van der Waals surface area contributed by atoms with E-state index < -0.39 is 10.1 Å². The van der Waals surface area contributed by atoms with Crippen LogP contribution in [0.2, 0.25) is 0 Å². The molecule has 73 valence electrons. The van der Waals surface area contributed by atoms with Crippen molar-refractivity contribution in [3.63, 3.8) is 0 Å². The van der Waals surface area contributed by atoms with Gasteiger partial charge in [0.2, 0.25) is 0 Å². The zero-order valence-electron chi connectivity index (χ0n) is 8.31. The van der Waals surface area contributed by atoms with Gasteiger partial charge in [0, 0.05) is 29.6 Å². The first kappa shape index (κ1) is 14.1. The standard InChI is InChI=1S/C8H10O4S.Na/c1-6-4-3-5-8(7(6)2)13(10,11)12-9;/h3-5,9H,1-2H3;. The summed E-state index contributed by atoms with van der Waals surface area (Å²) >= 11 is 0. The minimum Gasteiger partial charge on any atom is -0.235 e. The van der Waals surface area contributed by atoms with E-state index in [2.05, 4.69) is 4.33 Å². The summed E-state index contributed by atoms with van der Waals surface area (Å²) in [5, 5.41) is 8.17. The van der Waals surface area contributed by atoms with Gasteiger partial charge in [-0.1, -0.05) is 12.1 Å². The number of hydrogen-bond acceptors (Lipinski definition) is 4. The second-order valence-electron chi connectivity index (χ2n) is 2.73. The minimum absolute atomic E-state index is 0. The van der Waals surface area contributed by atoms with Gasteiger partial charge in [0.25, 0.3) is 0 Å². The van der Waals surface area contributed by atoms with Crippen molar-refractivity contribution < 1.29 is 18.0 Å². The Kier molecular flexibility index (Phi) is 5.28. The number of hydrogen-bond donors (Lipinski definition) is 1. The topological polar surface area (TPSA) is 63.6 Å². The van der Waals surface area contributed by atoms with Crippen molar-refractivity contribution in [2.24, 2.45) is 0 Å². The van der Waals surface area contributed by atoms with E-state index in [1.807, 2.05) is 0 Å². The van der Waals surface area contributed by atoms with Crippen LogP contribution >= 0.6 is 0 Å². The van der Waals surface area contributed by atoms with Crippen molar-refractivity contribution >= 4 is 39.7 Å². The maximum absolute atomic E-state index is 11.1. The molecule has 0 saturated heterocycles. The molecule has 1 aromatic carbocycles. The van der Waals surface area contributed by atoms with Crippen LogP contribution < -0.4 is 0 Å². The fourth-order valence-corrected chi connectivity index (χ4v) is 1.90. The molecule has 0 amide bonds. The molecule has 0 aliphatic rings. The van der Waals surface area contributed by atoms with Crippen molar-refractivity contribution in [2.75, 3.05) is 0 Å². The van der Waals surface area contributed by atoms with Crippen molar-refractivity contribution in [3.8, 4) is 0 Å². The summed E-state index contributed by atoms with van der Waals surface area (Å²) < 4.78 is 25.6. The van der Waals surface area contributed by atoms with Gasteiger partial charge < -0.3 is 0 Å². The summed E-state index contributed by atoms with van der Waals surface area (Å²) in [6.07, 6.45) is 0. The predicted octanol–water partition coefficient (Wildman–Crippen LogP) is 1.10. The SMILES string of the molecule is Cc1cccc(S(=O)(=O)OO)c1C.[Na]. The summed E-state index contributed by atoms with van der Waals surface area (Å²) in [7, 11) is -4.00. The molecule has 0 saturated carbocycles. The van der Waals surface area contributed by atoms with E-state index in [1.54, 1.807) is 26.0 Å². The Morgan fingerprint density at radius 1 is 1.29 bits per heavy atom. The molecule has 6 heteroatoms. The van der Waals surface area contributed by atoms with E-state index in [0.717, 1.165) is 5.56 Å². The van der Waals surface area contributed by atoms with E-state index in [1.165, 1.54) is 6.07 Å². The van der Waals surface area contributed by atoms with Gasteiger partial charge in [0.1, 0.15) is 0 Å². The molecule has 0 spiro atoms. The Hall–Kier alpha value is 0.0900. The molecular weight excluding hydrogens is 215 g/mol. The van der Waals surface area contributed by atoms with Crippen LogP contribution in [0.25, 0.3) is 0 Å². The Morgan fingerprint density at radius 3 is 2.36 bits per heavy atom. The quantitative estimate of drug-likeness (QED) is 0.465. The van der Waals surface area contributed by atoms with Gasteiger partial charge >= 0.3 is 10.1 Å². The van der Waals surface area contributed by atoms with Crippen LogP contribution in [-0.2, 0) is 14.5 Å². The maximum Gasteiger partial charge on any atom is 0.323 e. The van der Waals surface area contributed by atoms with Crippen molar-refractivity contribution in [1.82, 2.24) is 0 Å². The molecule has 0 heterocycles. The molecule has 1 N–H and O–H groups in total. The molecule has 0 bridgehead atoms. The van der Waals surface area contributed by atoms with Gasteiger partial charge in [-0.15, -0.1) is 4.33 Å². The van der Waals surface area contributed by atoms with Crippen molar-refractivity contribution in [3.05, 3.63) is 29.3 Å². The van der Waals surface area contributed by atoms with Crippen LogP contribution in [0.1, 0.15) is 11.1 Å². The first-order chi connectivity index (χ1) is 5.99. The maximum atomic E-state index is 11.1. The predicted molar refractivity (Wildman–Crippen MR) is 52.6 cm³/mol. The molecule has 0 unspecified atom stereocenters. The van der Waals surface area contributed by atoms with Crippen LogP contribution in [0.15, 0.2) is 23.1 Å². The van der Waals surface area contributed by atoms with Gasteiger partial charge in [0.05, 0.1) is 4.90 Å². The molecule has 0 aromatic heterocycles. The van der Waals surface area contributed by atoms with Gasteiger partial charge in [0.15, 0.2) is 0 Å². The normalized spacial score (nSPS) is 10.8. The first-order valence-corrected chi connectivity index (χ1v) is 5.04. The summed E-state index contributed by atoms with van der Waals surface area (Å²) in [6.45, 7) is 3.44. The van der Waals surface area contributed by atoms with E-state index in [0.29, 0.717) is 5.56 Å². The van der Waals surface area contributed by atoms with Gasteiger partial charge in [-0.05, 0) is 31.0 Å². The number of aryl methyl sites for hydroxylation is 1. The largest absolute Gasteiger partial charge is 0.323 e. The Balaban J connectivity index is 0.00000169. The smallest absolute Gasteiger partial charge is 0.235 e. The zero-order valence-corrected chi connectivity index (χ0v) is 11.1. The molecule has 0 atom stereocenters. The van der Waals surface area contributed by atoms with Crippen LogP contribution in [-0.4, -0.2) is 43.2 Å². The molecule has 0 aliphatic heterocycles. The second kappa shape index (κ2) is 5.25. The summed E-state index contributed by atoms with van der Waals surface area (Å²) in [5.41, 5.74) is 1.41. The molecule has 1 radical (unpaired) electrons. The van der Waals surface area contributed by atoms with Gasteiger partial charge in [-0.2, -0.15) is 8.42 Å². The van der Waals surface area contributed by atoms with E-state index in [4.69, 9.17) is 5.26 Å². The van der Waals surface area contributed by atoms with Crippen LogP contribution in [0.4, 0.5) is 0 Å². The molecular formula is C8H10NaO4S. The van der Waals surface area contributed by atoms with Crippen LogP contribution in [0.5, 0.6) is 0 Å². The Labute approximate surface area is 105 Å². The van der Waals surface area contributed by atoms with Gasteiger partial charge in [-0.3, -0.25) is 0 Å². The Bertz CT molecular complexity index is 413. The first-order valence-electron chi connectivity index (χ1n) is 3.63. The number of rotatable bonds is 2. The number of benzene rings is 1. The molecule has 1 rings (SSSR count). The minimum atomic E-state index is -4.00. The third-order valence-electron chi connectivity index (χ3n) is 1.92. The molecule has 4 nitrogen and oxygen atoms in total. The van der Waals surface area contributed by atoms with Crippen molar-refractivity contribution in [1.29, 1.82) is 0 Å². The average molecular weight is 225 g/mol. The fourth-order valence-electron chi connectivity index (χ4n) is 1.04.